The second-order valence-electron chi connectivity index (χ2n) is 8.27. The van der Waals surface area contributed by atoms with Gasteiger partial charge in [0.25, 0.3) is 5.91 Å². The summed E-state index contributed by atoms with van der Waals surface area (Å²) in [5.41, 5.74) is 2.43. The van der Waals surface area contributed by atoms with E-state index in [0.29, 0.717) is 28.6 Å². The Hall–Kier alpha value is -3.92. The molecule has 3 aromatic carbocycles. The molecule has 3 aromatic rings. The van der Waals surface area contributed by atoms with Gasteiger partial charge in [-0.3, -0.25) is 9.59 Å². The number of halogens is 3. The van der Waals surface area contributed by atoms with Crippen LogP contribution in [0.2, 0.25) is 0 Å². The lowest BCUT2D eigenvalue weighted by Crippen LogP contribution is -2.25. The number of nitrogens with one attached hydrogen (secondary N) is 1. The summed E-state index contributed by atoms with van der Waals surface area (Å²) < 4.78 is 40.4. The molecule has 10 heteroatoms. The lowest BCUT2D eigenvalue weighted by Gasteiger charge is -2.23. The molecule has 2 aliphatic rings. The number of hydrogen-bond acceptors (Lipinski definition) is 5. The third-order valence-corrected chi connectivity index (χ3v) is 6.89. The maximum absolute atomic E-state index is 13.5. The van der Waals surface area contributed by atoms with Gasteiger partial charge in [0, 0.05) is 18.5 Å². The molecule has 2 aliphatic heterocycles. The van der Waals surface area contributed by atoms with E-state index in [-0.39, 0.29) is 24.1 Å². The molecule has 0 aromatic heterocycles. The van der Waals surface area contributed by atoms with Gasteiger partial charge in [-0.05, 0) is 53.6 Å². The molecule has 2 amide bonds. The van der Waals surface area contributed by atoms with Crippen LogP contribution in [0, 0.1) is 17.5 Å². The Kier molecular flexibility index (Phi) is 6.60. The van der Waals surface area contributed by atoms with Crippen LogP contribution >= 0.6 is 11.8 Å². The van der Waals surface area contributed by atoms with Crippen LogP contribution in [0.3, 0.4) is 0 Å². The van der Waals surface area contributed by atoms with Crippen LogP contribution in [0.1, 0.15) is 30.0 Å². The maximum Gasteiger partial charge on any atom is 0.262 e. The molecule has 36 heavy (non-hydrogen) atoms. The fraction of sp³-hybridized carbons (Fsp3) is 0.154. The topological polar surface area (TPSA) is 74.1 Å². The Morgan fingerprint density at radius 2 is 1.67 bits per heavy atom. The lowest BCUT2D eigenvalue weighted by atomic mass is 9.98. The molecule has 0 spiro atoms. The van der Waals surface area contributed by atoms with Crippen molar-refractivity contribution in [2.24, 2.45) is 10.1 Å². The number of carbonyl (C=O) groups excluding carboxylic acids is 2. The summed E-state index contributed by atoms with van der Waals surface area (Å²) in [7, 11) is 0. The Labute approximate surface area is 208 Å². The van der Waals surface area contributed by atoms with Gasteiger partial charge in [0.1, 0.15) is 22.7 Å². The van der Waals surface area contributed by atoms with Gasteiger partial charge in [-0.25, -0.2) is 18.2 Å². The predicted molar refractivity (Wildman–Crippen MR) is 132 cm³/mol. The third kappa shape index (κ3) is 5.18. The van der Waals surface area contributed by atoms with E-state index in [1.807, 2.05) is 0 Å². The molecule has 0 bridgehead atoms. The van der Waals surface area contributed by atoms with E-state index in [1.165, 1.54) is 42.5 Å². The van der Waals surface area contributed by atoms with Gasteiger partial charge in [0.2, 0.25) is 5.91 Å². The van der Waals surface area contributed by atoms with Crippen molar-refractivity contribution in [1.82, 2.24) is 5.01 Å². The zero-order valence-electron chi connectivity index (χ0n) is 18.7. The van der Waals surface area contributed by atoms with Gasteiger partial charge in [-0.15, -0.1) is 0 Å². The molecule has 0 saturated heterocycles. The van der Waals surface area contributed by atoms with Gasteiger partial charge >= 0.3 is 0 Å². The number of aliphatic imine (C=N–C) groups is 1. The standard InChI is InChI=1S/C26H19F3N4O2S/c27-17-8-4-15(5-9-17)21-13-22(16-6-10-18(28)11-7-16)33(32-21)26-31-25(35)23(36-26)14-24(34)30-20-3-1-2-19(29)12-20/h1-12,22-23H,13-14H2,(H,30,34)/t22-,23+/m0/s1. The summed E-state index contributed by atoms with van der Waals surface area (Å²) in [5, 5.41) is 8.39. The van der Waals surface area contributed by atoms with Crippen LogP contribution < -0.4 is 5.32 Å². The minimum absolute atomic E-state index is 0.156. The monoisotopic (exact) mass is 508 g/mol. The van der Waals surface area contributed by atoms with Crippen LogP contribution in [0.5, 0.6) is 0 Å². The van der Waals surface area contributed by atoms with E-state index in [0.717, 1.165) is 17.3 Å². The maximum atomic E-state index is 13.5. The highest BCUT2D eigenvalue weighted by atomic mass is 32.2. The minimum atomic E-state index is -0.771. The number of rotatable bonds is 5. The predicted octanol–water partition coefficient (Wildman–Crippen LogP) is 5.28. The van der Waals surface area contributed by atoms with E-state index in [1.54, 1.807) is 35.3 Å². The highest BCUT2D eigenvalue weighted by molar-refractivity contribution is 8.15. The molecule has 0 saturated carbocycles. The first-order chi connectivity index (χ1) is 17.4. The second-order valence-corrected chi connectivity index (χ2v) is 9.44. The quantitative estimate of drug-likeness (QED) is 0.509. The average molecular weight is 509 g/mol. The number of hydrogen-bond donors (Lipinski definition) is 1. The Bertz CT molecular complexity index is 1380. The Morgan fingerprint density at radius 1 is 0.972 bits per heavy atom. The fourth-order valence-electron chi connectivity index (χ4n) is 4.00. The molecule has 0 radical (unpaired) electrons. The molecule has 2 atom stereocenters. The number of hydrazone groups is 1. The van der Waals surface area contributed by atoms with Crippen LogP contribution in [0.25, 0.3) is 0 Å². The smallest absolute Gasteiger partial charge is 0.262 e. The van der Waals surface area contributed by atoms with Gasteiger partial charge in [-0.1, -0.05) is 42.1 Å². The number of anilines is 1. The van der Waals surface area contributed by atoms with Crippen molar-refractivity contribution in [1.29, 1.82) is 0 Å². The lowest BCUT2D eigenvalue weighted by molar-refractivity contribution is -0.121. The van der Waals surface area contributed by atoms with Gasteiger partial charge < -0.3 is 5.32 Å². The highest BCUT2D eigenvalue weighted by Gasteiger charge is 2.39. The Balaban J connectivity index is 1.35. The SMILES string of the molecule is O=C(C[C@H]1SC(N2N=C(c3ccc(F)cc3)C[C@H]2c2ccc(F)cc2)=NC1=O)Nc1cccc(F)c1. The summed E-state index contributed by atoms with van der Waals surface area (Å²) in [6.07, 6.45) is 0.270. The van der Waals surface area contributed by atoms with Crippen molar-refractivity contribution in [2.45, 2.75) is 24.1 Å². The zero-order valence-corrected chi connectivity index (χ0v) is 19.5. The van der Waals surface area contributed by atoms with Crippen molar-refractivity contribution < 1.29 is 22.8 Å². The highest BCUT2D eigenvalue weighted by Crippen LogP contribution is 2.38. The number of amidine groups is 1. The first kappa shape index (κ1) is 23.8. The Morgan fingerprint density at radius 3 is 2.36 bits per heavy atom. The number of benzene rings is 3. The van der Waals surface area contributed by atoms with E-state index in [9.17, 15) is 22.8 Å². The normalized spacial score (nSPS) is 19.3. The average Bonchev–Trinajstić information content (AvgIpc) is 3.44. The summed E-state index contributed by atoms with van der Waals surface area (Å²) in [6, 6.07) is 17.0. The van der Waals surface area contributed by atoms with Crippen molar-refractivity contribution in [3.8, 4) is 0 Å². The van der Waals surface area contributed by atoms with Crippen molar-refractivity contribution in [2.75, 3.05) is 5.32 Å². The van der Waals surface area contributed by atoms with Crippen molar-refractivity contribution in [3.63, 3.8) is 0 Å². The van der Waals surface area contributed by atoms with E-state index in [4.69, 9.17) is 0 Å². The van der Waals surface area contributed by atoms with Crippen LogP contribution in [0.4, 0.5) is 18.9 Å². The van der Waals surface area contributed by atoms with Crippen LogP contribution in [0.15, 0.2) is 82.9 Å². The second kappa shape index (κ2) is 9.98. The van der Waals surface area contributed by atoms with Gasteiger partial charge in [-0.2, -0.15) is 10.1 Å². The molecule has 182 valence electrons. The van der Waals surface area contributed by atoms with Crippen LogP contribution in [-0.4, -0.2) is 33.0 Å². The molecule has 2 heterocycles. The zero-order chi connectivity index (χ0) is 25.2. The van der Waals surface area contributed by atoms with Crippen LogP contribution in [-0.2, 0) is 9.59 Å². The number of nitrogens with zero attached hydrogens (tertiary/aromatic N) is 3. The molecule has 0 aliphatic carbocycles. The van der Waals surface area contributed by atoms with Crippen molar-refractivity contribution >= 4 is 40.1 Å². The molecular formula is C26H19F3N4O2S. The molecular weight excluding hydrogens is 489 g/mol. The molecule has 0 fully saturated rings. The fourth-order valence-corrected chi connectivity index (χ4v) is 5.06. The summed E-state index contributed by atoms with van der Waals surface area (Å²) in [5.74, 6) is -2.16. The molecule has 0 unspecified atom stereocenters. The molecule has 5 rings (SSSR count). The third-order valence-electron chi connectivity index (χ3n) is 5.75. The largest absolute Gasteiger partial charge is 0.326 e. The molecule has 1 N–H and O–H groups in total. The summed E-state index contributed by atoms with van der Waals surface area (Å²) >= 11 is 1.11. The number of carbonyl (C=O) groups is 2. The number of amides is 2. The van der Waals surface area contributed by atoms with E-state index < -0.39 is 22.9 Å². The summed E-state index contributed by atoms with van der Waals surface area (Å²) in [6.45, 7) is 0. The minimum Gasteiger partial charge on any atom is -0.326 e. The first-order valence-electron chi connectivity index (χ1n) is 11.1. The molecule has 6 nitrogen and oxygen atoms in total. The van der Waals surface area contributed by atoms with E-state index in [2.05, 4.69) is 15.4 Å². The van der Waals surface area contributed by atoms with Gasteiger partial charge in [0.05, 0.1) is 11.8 Å². The summed E-state index contributed by atoms with van der Waals surface area (Å²) in [4.78, 5) is 29.3. The van der Waals surface area contributed by atoms with E-state index >= 15 is 0 Å². The van der Waals surface area contributed by atoms with Gasteiger partial charge in [0.15, 0.2) is 5.17 Å². The number of thioether (sulfide) groups is 1. The van der Waals surface area contributed by atoms with Crippen molar-refractivity contribution in [3.05, 3.63) is 101 Å². The first-order valence-corrected chi connectivity index (χ1v) is 12.0.